The van der Waals surface area contributed by atoms with E-state index < -0.39 is 0 Å². The Labute approximate surface area is 97.4 Å². The Kier molecular flexibility index (Phi) is 5.90. The van der Waals surface area contributed by atoms with Gasteiger partial charge in [-0.15, -0.1) is 0 Å². The van der Waals surface area contributed by atoms with Crippen molar-refractivity contribution in [2.45, 2.75) is 26.4 Å². The molecule has 0 spiro atoms. The van der Waals surface area contributed by atoms with Crippen molar-refractivity contribution in [2.75, 3.05) is 19.7 Å². The predicted molar refractivity (Wildman–Crippen MR) is 65.8 cm³/mol. The smallest absolute Gasteiger partial charge is 0.119 e. The van der Waals surface area contributed by atoms with Crippen LogP contribution in [-0.2, 0) is 0 Å². The summed E-state index contributed by atoms with van der Waals surface area (Å²) in [5.74, 6) is 0.918. The number of aliphatic hydroxyl groups is 1. The van der Waals surface area contributed by atoms with Crippen molar-refractivity contribution in [3.63, 3.8) is 0 Å². The van der Waals surface area contributed by atoms with Crippen molar-refractivity contribution in [3.8, 4) is 5.75 Å². The quantitative estimate of drug-likeness (QED) is 0.692. The van der Waals surface area contributed by atoms with Crippen molar-refractivity contribution < 1.29 is 9.84 Å². The first-order chi connectivity index (χ1) is 7.68. The largest absolute Gasteiger partial charge is 0.494 e. The highest BCUT2D eigenvalue weighted by Gasteiger charge is 1.95. The van der Waals surface area contributed by atoms with Crippen molar-refractivity contribution >= 4 is 0 Å². The van der Waals surface area contributed by atoms with Gasteiger partial charge >= 0.3 is 0 Å². The maximum absolute atomic E-state index is 9.02. The van der Waals surface area contributed by atoms with Crippen LogP contribution in [0.25, 0.3) is 0 Å². The van der Waals surface area contributed by atoms with Crippen molar-refractivity contribution in [1.29, 1.82) is 0 Å². The van der Waals surface area contributed by atoms with Gasteiger partial charge in [-0.05, 0) is 38.9 Å². The number of hydrogen-bond donors (Lipinski definition) is 2. The van der Waals surface area contributed by atoms with Crippen LogP contribution < -0.4 is 10.1 Å². The minimum Gasteiger partial charge on any atom is -0.494 e. The fourth-order valence-electron chi connectivity index (χ4n) is 1.33. The SMILES string of the molecule is Cc1ccc(OCCCNCC(C)O)cc1. The number of rotatable bonds is 7. The van der Waals surface area contributed by atoms with Crippen LogP contribution in [0.5, 0.6) is 5.75 Å². The van der Waals surface area contributed by atoms with Gasteiger partial charge in [0, 0.05) is 6.54 Å². The van der Waals surface area contributed by atoms with Crippen LogP contribution in [0.1, 0.15) is 18.9 Å². The van der Waals surface area contributed by atoms with Crippen LogP contribution >= 0.6 is 0 Å². The highest BCUT2D eigenvalue weighted by atomic mass is 16.5. The molecule has 0 aliphatic heterocycles. The summed E-state index contributed by atoms with van der Waals surface area (Å²) in [7, 11) is 0. The molecular weight excluding hydrogens is 202 g/mol. The zero-order valence-corrected chi connectivity index (χ0v) is 10.1. The molecule has 1 aromatic rings. The zero-order chi connectivity index (χ0) is 11.8. The van der Waals surface area contributed by atoms with Gasteiger partial charge in [-0.2, -0.15) is 0 Å². The first-order valence-electron chi connectivity index (χ1n) is 5.77. The van der Waals surface area contributed by atoms with E-state index in [0.717, 1.165) is 18.7 Å². The Morgan fingerprint density at radius 1 is 1.31 bits per heavy atom. The molecule has 3 heteroatoms. The molecule has 3 nitrogen and oxygen atoms in total. The molecule has 0 aromatic heterocycles. The average Bonchev–Trinajstić information content (AvgIpc) is 2.25. The summed E-state index contributed by atoms with van der Waals surface area (Å²) < 4.78 is 5.57. The summed E-state index contributed by atoms with van der Waals surface area (Å²) in [6.45, 7) is 6.05. The molecule has 1 rings (SSSR count). The second-order valence-electron chi connectivity index (χ2n) is 4.07. The third-order valence-electron chi connectivity index (χ3n) is 2.23. The van der Waals surface area contributed by atoms with Crippen molar-refractivity contribution in [2.24, 2.45) is 0 Å². The molecule has 0 aliphatic rings. The summed E-state index contributed by atoms with van der Waals surface area (Å²) in [6.07, 6.45) is 0.665. The first kappa shape index (κ1) is 13.0. The van der Waals surface area contributed by atoms with Crippen LogP contribution in [0, 0.1) is 6.92 Å². The lowest BCUT2D eigenvalue weighted by atomic mass is 10.2. The Bertz CT molecular complexity index is 282. The van der Waals surface area contributed by atoms with Gasteiger partial charge in [0.2, 0.25) is 0 Å². The molecule has 1 atom stereocenters. The number of ether oxygens (including phenoxy) is 1. The van der Waals surface area contributed by atoms with E-state index in [1.54, 1.807) is 6.92 Å². The van der Waals surface area contributed by atoms with Crippen LogP contribution in [0.15, 0.2) is 24.3 Å². The summed E-state index contributed by atoms with van der Waals surface area (Å²) in [4.78, 5) is 0. The molecule has 1 aromatic carbocycles. The molecule has 90 valence electrons. The fraction of sp³-hybridized carbons (Fsp3) is 0.538. The van der Waals surface area contributed by atoms with Crippen LogP contribution in [0.2, 0.25) is 0 Å². The minimum absolute atomic E-state index is 0.280. The molecular formula is C13H21NO2. The van der Waals surface area contributed by atoms with E-state index in [9.17, 15) is 0 Å². The molecule has 2 N–H and O–H groups in total. The van der Waals surface area contributed by atoms with E-state index >= 15 is 0 Å². The molecule has 0 amide bonds. The highest BCUT2D eigenvalue weighted by Crippen LogP contribution is 2.11. The zero-order valence-electron chi connectivity index (χ0n) is 10.1. The second-order valence-corrected chi connectivity index (χ2v) is 4.07. The third-order valence-corrected chi connectivity index (χ3v) is 2.23. The van der Waals surface area contributed by atoms with Gasteiger partial charge in [0.05, 0.1) is 12.7 Å². The number of benzene rings is 1. The molecule has 16 heavy (non-hydrogen) atoms. The van der Waals surface area contributed by atoms with Gasteiger partial charge in [0.1, 0.15) is 5.75 Å². The summed E-state index contributed by atoms with van der Waals surface area (Å²) in [5, 5.41) is 12.2. The predicted octanol–water partition coefficient (Wildman–Crippen LogP) is 1.73. The topological polar surface area (TPSA) is 41.5 Å². The van der Waals surface area contributed by atoms with Crippen LogP contribution in [0.4, 0.5) is 0 Å². The standard InChI is InChI=1S/C13H21NO2/c1-11-4-6-13(7-5-11)16-9-3-8-14-10-12(2)15/h4-7,12,14-15H,3,8-10H2,1-2H3. The van der Waals surface area contributed by atoms with E-state index in [1.165, 1.54) is 5.56 Å². The highest BCUT2D eigenvalue weighted by molar-refractivity contribution is 5.26. The molecule has 0 saturated carbocycles. The maximum atomic E-state index is 9.02. The number of hydrogen-bond acceptors (Lipinski definition) is 3. The minimum atomic E-state index is -0.280. The molecule has 0 heterocycles. The molecule has 1 unspecified atom stereocenters. The maximum Gasteiger partial charge on any atom is 0.119 e. The molecule has 0 saturated heterocycles. The Balaban J connectivity index is 2.05. The lowest BCUT2D eigenvalue weighted by Gasteiger charge is -2.08. The Morgan fingerprint density at radius 2 is 2.00 bits per heavy atom. The lowest BCUT2D eigenvalue weighted by Crippen LogP contribution is -2.26. The van der Waals surface area contributed by atoms with Gasteiger partial charge in [0.25, 0.3) is 0 Å². The van der Waals surface area contributed by atoms with Crippen LogP contribution in [0.3, 0.4) is 0 Å². The fourth-order valence-corrected chi connectivity index (χ4v) is 1.33. The summed E-state index contributed by atoms with van der Waals surface area (Å²) in [5.41, 5.74) is 1.24. The Hall–Kier alpha value is -1.06. The lowest BCUT2D eigenvalue weighted by molar-refractivity contribution is 0.190. The van der Waals surface area contributed by atoms with E-state index in [-0.39, 0.29) is 6.10 Å². The average molecular weight is 223 g/mol. The molecule has 0 bridgehead atoms. The number of nitrogens with one attached hydrogen (secondary N) is 1. The van der Waals surface area contributed by atoms with E-state index in [0.29, 0.717) is 13.2 Å². The summed E-state index contributed by atoms with van der Waals surface area (Å²) in [6, 6.07) is 8.05. The van der Waals surface area contributed by atoms with Gasteiger partial charge in [-0.3, -0.25) is 0 Å². The number of aliphatic hydroxyl groups excluding tert-OH is 1. The summed E-state index contributed by atoms with van der Waals surface area (Å²) >= 11 is 0. The molecule has 0 fully saturated rings. The van der Waals surface area contributed by atoms with E-state index in [2.05, 4.69) is 12.2 Å². The van der Waals surface area contributed by atoms with Crippen molar-refractivity contribution in [3.05, 3.63) is 29.8 Å². The van der Waals surface area contributed by atoms with Gasteiger partial charge in [-0.1, -0.05) is 17.7 Å². The monoisotopic (exact) mass is 223 g/mol. The van der Waals surface area contributed by atoms with E-state index in [1.807, 2.05) is 24.3 Å². The van der Waals surface area contributed by atoms with Crippen LogP contribution in [-0.4, -0.2) is 30.9 Å². The van der Waals surface area contributed by atoms with Gasteiger partial charge < -0.3 is 15.2 Å². The second kappa shape index (κ2) is 7.25. The van der Waals surface area contributed by atoms with E-state index in [4.69, 9.17) is 9.84 Å². The normalized spacial score (nSPS) is 12.4. The number of aryl methyl sites for hydroxylation is 1. The van der Waals surface area contributed by atoms with Gasteiger partial charge in [-0.25, -0.2) is 0 Å². The molecule has 0 aliphatic carbocycles. The Morgan fingerprint density at radius 3 is 2.62 bits per heavy atom. The van der Waals surface area contributed by atoms with Gasteiger partial charge in [0.15, 0.2) is 0 Å². The molecule has 0 radical (unpaired) electrons. The third kappa shape index (κ3) is 5.73. The first-order valence-corrected chi connectivity index (χ1v) is 5.77. The van der Waals surface area contributed by atoms with Crippen molar-refractivity contribution in [1.82, 2.24) is 5.32 Å².